The molecule has 2 aromatic carbocycles. The van der Waals surface area contributed by atoms with E-state index in [1.807, 2.05) is 43.3 Å². The third-order valence-corrected chi connectivity index (χ3v) is 11.5. The first kappa shape index (κ1) is 41.5. The first-order valence-corrected chi connectivity index (χ1v) is 19.4. The van der Waals surface area contributed by atoms with Gasteiger partial charge in [-0.1, -0.05) is 80.3 Å². The van der Waals surface area contributed by atoms with Gasteiger partial charge in [-0.25, -0.2) is 13.2 Å². The first-order valence-electron chi connectivity index (χ1n) is 17.9. The number of benzene rings is 2. The maximum absolute atomic E-state index is 13.3. The fraction of sp³-hybridized carbons (Fsp3) is 0.425. The van der Waals surface area contributed by atoms with E-state index < -0.39 is 44.6 Å². The van der Waals surface area contributed by atoms with Gasteiger partial charge in [0.1, 0.15) is 12.6 Å². The van der Waals surface area contributed by atoms with E-state index in [-0.39, 0.29) is 66.1 Å². The molecule has 0 saturated heterocycles. The number of sulfone groups is 1. The molecule has 0 bridgehead atoms. The van der Waals surface area contributed by atoms with Crippen molar-refractivity contribution in [2.24, 2.45) is 17.3 Å². The fourth-order valence-electron chi connectivity index (χ4n) is 6.49. The van der Waals surface area contributed by atoms with Crippen molar-refractivity contribution >= 4 is 27.7 Å². The molecular weight excluding hydrogens is 715 g/mol. The van der Waals surface area contributed by atoms with Gasteiger partial charge in [-0.15, -0.1) is 6.58 Å². The molecule has 14 heteroatoms. The van der Waals surface area contributed by atoms with Gasteiger partial charge in [-0.3, -0.25) is 14.2 Å². The number of esters is 2. The van der Waals surface area contributed by atoms with Gasteiger partial charge in [0.05, 0.1) is 29.7 Å². The number of nitrogens with zero attached hydrogens (tertiary/aromatic N) is 2. The highest BCUT2D eigenvalue weighted by atomic mass is 32.2. The van der Waals surface area contributed by atoms with E-state index in [4.69, 9.17) is 14.2 Å². The minimum absolute atomic E-state index is 0.00708. The number of hydrogen-bond donors (Lipinski definition) is 1. The number of ether oxygens (including phenoxy) is 3. The summed E-state index contributed by atoms with van der Waals surface area (Å²) in [7, 11) is -4.24. The molecule has 290 valence electrons. The van der Waals surface area contributed by atoms with Gasteiger partial charge >= 0.3 is 22.8 Å². The zero-order chi connectivity index (χ0) is 39.3. The van der Waals surface area contributed by atoms with Crippen molar-refractivity contribution in [3.05, 3.63) is 108 Å². The number of amides is 1. The van der Waals surface area contributed by atoms with Crippen molar-refractivity contribution < 1.29 is 46.5 Å². The molecule has 1 heterocycles. The normalized spacial score (nSPS) is 18.9. The Morgan fingerprint density at radius 3 is 2.39 bits per heavy atom. The average molecular weight is 764 g/mol. The molecule has 4 atom stereocenters. The number of aromatic nitrogens is 2. The minimum Gasteiger partial charge on any atom is -0.466 e. The van der Waals surface area contributed by atoms with Crippen molar-refractivity contribution in [2.75, 3.05) is 19.8 Å². The third kappa shape index (κ3) is 11.1. The summed E-state index contributed by atoms with van der Waals surface area (Å²) in [5.41, 5.74) is 2.68. The second-order valence-corrected chi connectivity index (χ2v) is 15.7. The molecule has 4 rings (SSSR count). The second kappa shape index (κ2) is 19.2. The van der Waals surface area contributed by atoms with E-state index in [0.29, 0.717) is 12.8 Å². The third-order valence-electron chi connectivity index (χ3n) is 9.74. The Morgan fingerprint density at radius 1 is 1.06 bits per heavy atom. The predicted octanol–water partition coefficient (Wildman–Crippen LogP) is 5.63. The number of carbonyl (C=O) groups is 3. The zero-order valence-electron chi connectivity index (χ0n) is 30.9. The molecule has 1 aliphatic carbocycles. The fourth-order valence-corrected chi connectivity index (χ4v) is 7.78. The molecule has 1 saturated carbocycles. The van der Waals surface area contributed by atoms with Gasteiger partial charge in [0.2, 0.25) is 5.91 Å². The first-order chi connectivity index (χ1) is 25.7. The van der Waals surface area contributed by atoms with Crippen LogP contribution >= 0.6 is 0 Å². The maximum Gasteiger partial charge on any atom is 0.414 e. The standard InChI is InChI=1S/C40H49N3O10S/c1-6-40(5)22-21-31(26-33(40)28(2)3)29(4)27-52-39(46)34(25-30-15-9-7-10-16-30)41-35(44)19-20-36(45)50-23-13-14-24-51-37-38(43(47)53-42-37)54(48,49)32-17-11-8-12-18-32/h6-12,15-18,31,33-34H,1-2,4,13-14,19-27H2,3,5H3,(H,41,44)/t31-,33+,34+,40-/m1/s1. The number of nitrogens with one attached hydrogen (secondary N) is 1. The molecule has 1 fully saturated rings. The Kier molecular flexibility index (Phi) is 14.8. The van der Waals surface area contributed by atoms with Gasteiger partial charge in [0, 0.05) is 12.8 Å². The van der Waals surface area contributed by atoms with Crippen LogP contribution in [0.1, 0.15) is 64.4 Å². The van der Waals surface area contributed by atoms with E-state index in [0.717, 1.165) is 36.0 Å². The summed E-state index contributed by atoms with van der Waals surface area (Å²) in [5, 5.41) is 17.4. The molecule has 1 N–H and O–H groups in total. The highest BCUT2D eigenvalue weighted by molar-refractivity contribution is 7.91. The molecule has 1 amide bonds. The Balaban J connectivity index is 1.20. The van der Waals surface area contributed by atoms with Crippen LogP contribution < -0.4 is 15.0 Å². The van der Waals surface area contributed by atoms with Crippen LogP contribution in [0.5, 0.6) is 5.88 Å². The molecule has 0 spiro atoms. The van der Waals surface area contributed by atoms with Crippen molar-refractivity contribution in [1.29, 1.82) is 0 Å². The Hall–Kier alpha value is -5.24. The summed E-state index contributed by atoms with van der Waals surface area (Å²) in [5.74, 6) is -1.80. The number of hydrogen-bond acceptors (Lipinski definition) is 11. The lowest BCUT2D eigenvalue weighted by atomic mass is 9.61. The number of rotatable bonds is 20. The molecule has 54 heavy (non-hydrogen) atoms. The lowest BCUT2D eigenvalue weighted by Gasteiger charge is -2.43. The van der Waals surface area contributed by atoms with Crippen LogP contribution in [0.3, 0.4) is 0 Å². The predicted molar refractivity (Wildman–Crippen MR) is 198 cm³/mol. The molecule has 0 aliphatic heterocycles. The highest BCUT2D eigenvalue weighted by Crippen LogP contribution is 2.48. The lowest BCUT2D eigenvalue weighted by Crippen LogP contribution is -2.43. The zero-order valence-corrected chi connectivity index (χ0v) is 31.7. The molecule has 1 aliphatic rings. The smallest absolute Gasteiger partial charge is 0.414 e. The van der Waals surface area contributed by atoms with Crippen molar-refractivity contribution in [2.45, 2.75) is 81.2 Å². The van der Waals surface area contributed by atoms with E-state index in [1.54, 1.807) is 6.07 Å². The highest BCUT2D eigenvalue weighted by Gasteiger charge is 2.39. The minimum atomic E-state index is -4.24. The quantitative estimate of drug-likeness (QED) is 0.0652. The van der Waals surface area contributed by atoms with Crippen LogP contribution in [0.2, 0.25) is 0 Å². The van der Waals surface area contributed by atoms with Crippen LogP contribution in [0.4, 0.5) is 0 Å². The van der Waals surface area contributed by atoms with Crippen molar-refractivity contribution in [1.82, 2.24) is 10.5 Å². The summed E-state index contributed by atoms with van der Waals surface area (Å²) < 4.78 is 46.5. The van der Waals surface area contributed by atoms with E-state index in [2.05, 4.69) is 41.8 Å². The van der Waals surface area contributed by atoms with Crippen LogP contribution in [0.15, 0.2) is 112 Å². The van der Waals surface area contributed by atoms with E-state index in [9.17, 15) is 28.0 Å². The number of allylic oxidation sites excluding steroid dienone is 2. The van der Waals surface area contributed by atoms with Gasteiger partial charge in [-0.05, 0) is 84.5 Å². The van der Waals surface area contributed by atoms with Gasteiger partial charge in [0.15, 0.2) is 0 Å². The van der Waals surface area contributed by atoms with Crippen molar-refractivity contribution in [3.8, 4) is 5.88 Å². The summed E-state index contributed by atoms with van der Waals surface area (Å²) in [6.07, 6.45) is 5.11. The van der Waals surface area contributed by atoms with Gasteiger partial charge in [-0.2, -0.15) is 0 Å². The van der Waals surface area contributed by atoms with Crippen LogP contribution in [-0.2, 0) is 40.1 Å². The van der Waals surface area contributed by atoms with Crippen LogP contribution in [0, 0.1) is 22.5 Å². The van der Waals surface area contributed by atoms with Gasteiger partial charge < -0.3 is 24.7 Å². The topological polar surface area (TPSA) is 178 Å². The largest absolute Gasteiger partial charge is 0.466 e. The monoisotopic (exact) mass is 763 g/mol. The Bertz CT molecular complexity index is 1890. The molecular formula is C40H49N3O10S. The van der Waals surface area contributed by atoms with E-state index in [1.165, 1.54) is 24.3 Å². The summed E-state index contributed by atoms with van der Waals surface area (Å²) in [6, 6.07) is 15.6. The van der Waals surface area contributed by atoms with E-state index >= 15 is 0 Å². The molecule has 0 radical (unpaired) electrons. The Morgan fingerprint density at radius 2 is 1.72 bits per heavy atom. The molecule has 0 unspecified atom stereocenters. The maximum atomic E-state index is 13.3. The second-order valence-electron chi connectivity index (χ2n) is 13.8. The molecule has 1 aromatic heterocycles. The molecule has 13 nitrogen and oxygen atoms in total. The number of unbranched alkanes of at least 4 members (excludes halogenated alkanes) is 1. The Labute approximate surface area is 316 Å². The SMILES string of the molecule is C=C[C@]1(C)CC[C@@H](C(=C)COC(=O)[C@H](Cc2ccccc2)NC(=O)CCC(=O)OCCCCOc2no[n+]([O-])c2S(=O)(=O)c2ccccc2)C[C@H]1C(=C)C. The molecule has 3 aromatic rings. The van der Waals surface area contributed by atoms with Crippen molar-refractivity contribution in [3.63, 3.8) is 0 Å². The van der Waals surface area contributed by atoms with Crippen LogP contribution in [-0.4, -0.2) is 57.3 Å². The number of carbonyl (C=O) groups excluding carboxylic acids is 3. The lowest BCUT2D eigenvalue weighted by molar-refractivity contribution is -0.832. The summed E-state index contributed by atoms with van der Waals surface area (Å²) in [6.45, 7) is 16.7. The van der Waals surface area contributed by atoms with Gasteiger partial charge in [0.25, 0.3) is 9.84 Å². The summed E-state index contributed by atoms with van der Waals surface area (Å²) in [4.78, 5) is 38.3. The average Bonchev–Trinajstić information content (AvgIpc) is 3.55. The van der Waals surface area contributed by atoms with Crippen LogP contribution in [0.25, 0.3) is 0 Å². The summed E-state index contributed by atoms with van der Waals surface area (Å²) >= 11 is 0.